The lowest BCUT2D eigenvalue weighted by atomic mass is 10.1. The molecule has 3 aromatic rings. The summed E-state index contributed by atoms with van der Waals surface area (Å²) < 4.78 is 11.7. The summed E-state index contributed by atoms with van der Waals surface area (Å²) in [6.45, 7) is 0. The highest BCUT2D eigenvalue weighted by Crippen LogP contribution is 2.44. The maximum Gasteiger partial charge on any atom is 0.404 e. The molecule has 0 amide bonds. The maximum absolute atomic E-state index is 5.44. The highest BCUT2D eigenvalue weighted by Gasteiger charge is 2.14. The molecule has 2 heterocycles. The van der Waals surface area contributed by atoms with Crippen LogP contribution in [0.2, 0.25) is 0 Å². The molecule has 4 heteroatoms. The molecule has 0 radical (unpaired) electrons. The zero-order valence-corrected chi connectivity index (χ0v) is 17.9. The molecule has 144 valence electrons. The van der Waals surface area contributed by atoms with Gasteiger partial charge in [0.2, 0.25) is 0 Å². The minimum atomic E-state index is 0.820. The molecule has 2 nitrogen and oxygen atoms in total. The first kappa shape index (κ1) is 19.5. The van der Waals surface area contributed by atoms with Crippen LogP contribution in [0.4, 0.5) is 0 Å². The first-order valence-electron chi connectivity index (χ1n) is 9.25. The molecule has 0 atom stereocenters. The molecule has 0 aliphatic carbocycles. The minimum Gasteiger partial charge on any atom is -0.487 e. The lowest BCUT2D eigenvalue weighted by Crippen LogP contribution is -1.98. The summed E-state index contributed by atoms with van der Waals surface area (Å²) in [4.78, 5) is 2.46. The molecule has 1 aliphatic heterocycles. The molecular weight excluding hydrogens is 396 g/mol. The fraction of sp³-hybridized carbons (Fsp3) is 0.0800. The highest BCUT2D eigenvalue weighted by atomic mass is 32.2. The molecule has 1 aromatic heterocycles. The summed E-state index contributed by atoms with van der Waals surface area (Å²) in [5, 5.41) is 0.820. The summed E-state index contributed by atoms with van der Waals surface area (Å²) in [6, 6.07) is 25.1. The van der Waals surface area contributed by atoms with Crippen molar-refractivity contribution >= 4 is 39.0 Å². The maximum atomic E-state index is 5.44. The third kappa shape index (κ3) is 4.78. The van der Waals surface area contributed by atoms with Crippen molar-refractivity contribution in [2.45, 2.75) is 0 Å². The molecule has 0 unspecified atom stereocenters. The Hall–Kier alpha value is -2.82. The third-order valence-electron chi connectivity index (χ3n) is 4.44. The Morgan fingerprint density at radius 1 is 0.828 bits per heavy atom. The zero-order valence-electron chi connectivity index (χ0n) is 16.3. The summed E-state index contributed by atoms with van der Waals surface area (Å²) in [5.74, 6) is 0. The fourth-order valence-electron chi connectivity index (χ4n) is 3.04. The fourth-order valence-corrected chi connectivity index (χ4v) is 4.93. The lowest BCUT2D eigenvalue weighted by Gasteiger charge is -2.17. The van der Waals surface area contributed by atoms with Gasteiger partial charge in [-0.05, 0) is 46.6 Å². The molecule has 2 aromatic carbocycles. The van der Waals surface area contributed by atoms with Crippen LogP contribution < -0.4 is 9.48 Å². The Morgan fingerprint density at radius 2 is 1.41 bits per heavy atom. The first-order chi connectivity index (χ1) is 14.2. The van der Waals surface area contributed by atoms with Gasteiger partial charge in [-0.25, -0.2) is 4.42 Å². The normalized spacial score (nSPS) is 14.3. The van der Waals surface area contributed by atoms with Gasteiger partial charge < -0.3 is 4.74 Å². The van der Waals surface area contributed by atoms with Crippen LogP contribution >= 0.6 is 23.1 Å². The standard InChI is InChI=1S/C25H21O2S2/c1-26-24-16-19(17-25(27-2)29-24)13-18-14-22(20-9-5-3-6-10-20)28-23(15-18)21-11-7-4-8-12-21/h3-17H,1-2H3/q+1. The molecular formula is C25H21O2S2+. The van der Waals surface area contributed by atoms with Gasteiger partial charge in [0.1, 0.15) is 0 Å². The first-order valence-corrected chi connectivity index (χ1v) is 10.9. The van der Waals surface area contributed by atoms with Crippen molar-refractivity contribution in [3.8, 4) is 5.06 Å². The van der Waals surface area contributed by atoms with Crippen molar-refractivity contribution < 1.29 is 4.74 Å². The number of rotatable bonds is 4. The van der Waals surface area contributed by atoms with E-state index in [2.05, 4.69) is 66.8 Å². The largest absolute Gasteiger partial charge is 0.487 e. The van der Waals surface area contributed by atoms with E-state index < -0.39 is 0 Å². The van der Waals surface area contributed by atoms with Crippen LogP contribution in [0.25, 0.3) is 15.9 Å². The van der Waals surface area contributed by atoms with Crippen LogP contribution in [0.15, 0.2) is 94.9 Å². The van der Waals surface area contributed by atoms with Crippen LogP contribution in [0.3, 0.4) is 0 Å². The number of hydrogen-bond donors (Lipinski definition) is 0. The number of allylic oxidation sites excluding steroid dienone is 3. The van der Waals surface area contributed by atoms with E-state index >= 15 is 0 Å². The van der Waals surface area contributed by atoms with Crippen LogP contribution in [0.1, 0.15) is 16.7 Å². The van der Waals surface area contributed by atoms with E-state index in [0.717, 1.165) is 20.9 Å². The van der Waals surface area contributed by atoms with E-state index in [9.17, 15) is 0 Å². The Kier molecular flexibility index (Phi) is 6.13. The summed E-state index contributed by atoms with van der Waals surface area (Å²) >= 11 is 3.29. The van der Waals surface area contributed by atoms with Crippen molar-refractivity contribution in [2.24, 2.45) is 0 Å². The van der Waals surface area contributed by atoms with E-state index in [0.29, 0.717) is 0 Å². The van der Waals surface area contributed by atoms with Crippen LogP contribution in [0, 0.1) is 0 Å². The Balaban J connectivity index is 1.82. The van der Waals surface area contributed by atoms with E-state index in [1.54, 1.807) is 26.0 Å². The van der Waals surface area contributed by atoms with Crippen molar-refractivity contribution in [1.29, 1.82) is 0 Å². The van der Waals surface area contributed by atoms with E-state index in [-0.39, 0.29) is 0 Å². The Morgan fingerprint density at radius 3 is 1.93 bits per heavy atom. The highest BCUT2D eigenvalue weighted by molar-refractivity contribution is 8.16. The topological polar surface area (TPSA) is 20.5 Å². The number of thioether (sulfide) groups is 1. The van der Waals surface area contributed by atoms with Gasteiger partial charge in [0.05, 0.1) is 13.2 Å². The predicted molar refractivity (Wildman–Crippen MR) is 127 cm³/mol. The molecule has 0 saturated carbocycles. The molecule has 4 rings (SSSR count). The summed E-state index contributed by atoms with van der Waals surface area (Å²) in [5.41, 5.74) is 4.62. The van der Waals surface area contributed by atoms with Gasteiger partial charge in [0.15, 0.2) is 5.06 Å². The third-order valence-corrected chi connectivity index (χ3v) is 6.56. The SMILES string of the molecule is COc1cc(C=C2C=C(c3ccccc3)SC(c3ccccc3)=C2)cc(=[O+]C)s1. The van der Waals surface area contributed by atoms with Gasteiger partial charge in [0.25, 0.3) is 7.11 Å². The van der Waals surface area contributed by atoms with Crippen LogP contribution in [0.5, 0.6) is 5.06 Å². The molecule has 29 heavy (non-hydrogen) atoms. The van der Waals surface area contributed by atoms with Crippen molar-refractivity contribution in [3.63, 3.8) is 0 Å². The molecule has 0 spiro atoms. The average molecular weight is 418 g/mol. The summed E-state index contributed by atoms with van der Waals surface area (Å²) in [6.07, 6.45) is 6.65. The molecule has 0 fully saturated rings. The number of benzene rings is 2. The molecule has 0 bridgehead atoms. The van der Waals surface area contributed by atoms with Gasteiger partial charge in [-0.3, -0.25) is 0 Å². The second-order valence-electron chi connectivity index (χ2n) is 6.43. The number of methoxy groups -OCH3 is 1. The van der Waals surface area contributed by atoms with Gasteiger partial charge >= 0.3 is 4.74 Å². The number of ether oxygens (including phenoxy) is 1. The predicted octanol–water partition coefficient (Wildman–Crippen LogP) is 6.49. The Bertz CT molecular complexity index is 1100. The van der Waals surface area contributed by atoms with Gasteiger partial charge in [-0.1, -0.05) is 72.4 Å². The van der Waals surface area contributed by atoms with Crippen LogP contribution in [-0.2, 0) is 0 Å². The second kappa shape index (κ2) is 9.12. The monoisotopic (exact) mass is 417 g/mol. The molecule has 0 saturated heterocycles. The minimum absolute atomic E-state index is 0.820. The van der Waals surface area contributed by atoms with Gasteiger partial charge in [0, 0.05) is 21.1 Å². The number of hydrogen-bond acceptors (Lipinski definition) is 3. The van der Waals surface area contributed by atoms with E-state index in [4.69, 9.17) is 9.16 Å². The zero-order chi connectivity index (χ0) is 20.1. The Labute approximate surface area is 179 Å². The van der Waals surface area contributed by atoms with Crippen LogP contribution in [-0.4, -0.2) is 14.2 Å². The lowest BCUT2D eigenvalue weighted by molar-refractivity contribution is 0.426. The van der Waals surface area contributed by atoms with Crippen molar-refractivity contribution in [2.75, 3.05) is 14.2 Å². The quantitative estimate of drug-likeness (QED) is 0.452. The molecule has 0 N–H and O–H groups in total. The summed E-state index contributed by atoms with van der Waals surface area (Å²) in [7, 11) is 3.36. The van der Waals surface area contributed by atoms with Gasteiger partial charge in [-0.2, -0.15) is 0 Å². The second-order valence-corrected chi connectivity index (χ2v) is 8.53. The van der Waals surface area contributed by atoms with Crippen molar-refractivity contribution in [3.05, 3.63) is 116 Å². The van der Waals surface area contributed by atoms with E-state index in [1.807, 2.05) is 24.3 Å². The van der Waals surface area contributed by atoms with Crippen molar-refractivity contribution in [1.82, 2.24) is 0 Å². The van der Waals surface area contributed by atoms with E-state index in [1.165, 1.54) is 32.3 Å². The average Bonchev–Trinajstić information content (AvgIpc) is 2.79. The molecule has 1 aliphatic rings. The van der Waals surface area contributed by atoms with Gasteiger partial charge in [-0.15, -0.1) is 0 Å². The smallest absolute Gasteiger partial charge is 0.404 e.